The maximum atomic E-state index is 12.7. The van der Waals surface area contributed by atoms with Gasteiger partial charge in [-0.3, -0.25) is 19.7 Å². The zero-order chi connectivity index (χ0) is 18.8. The highest BCUT2D eigenvalue weighted by molar-refractivity contribution is 5.93. The van der Waals surface area contributed by atoms with E-state index in [1.165, 1.54) is 16.8 Å². The van der Waals surface area contributed by atoms with E-state index in [9.17, 15) is 24.8 Å². The Morgan fingerprint density at radius 1 is 1.27 bits per heavy atom. The van der Waals surface area contributed by atoms with Crippen LogP contribution in [0.5, 0.6) is 0 Å². The minimum Gasteiger partial charge on any atom is -0.481 e. The van der Waals surface area contributed by atoms with Crippen molar-refractivity contribution in [1.29, 1.82) is 0 Å². The van der Waals surface area contributed by atoms with Gasteiger partial charge in [-0.1, -0.05) is 0 Å². The van der Waals surface area contributed by atoms with Crippen molar-refractivity contribution >= 4 is 17.6 Å². The lowest BCUT2D eigenvalue weighted by Crippen LogP contribution is -2.49. The first-order valence-electron chi connectivity index (χ1n) is 8.23. The largest absolute Gasteiger partial charge is 0.481 e. The molecule has 0 spiro atoms. The van der Waals surface area contributed by atoms with E-state index >= 15 is 0 Å². The molecule has 1 N–H and O–H groups in total. The lowest BCUT2D eigenvalue weighted by Gasteiger charge is -2.37. The second kappa shape index (κ2) is 6.95. The summed E-state index contributed by atoms with van der Waals surface area (Å²) >= 11 is 0. The minimum atomic E-state index is -0.897. The minimum absolute atomic E-state index is 0.0286. The molecule has 136 valence electrons. The fourth-order valence-corrected chi connectivity index (χ4v) is 3.22. The third-order valence-electron chi connectivity index (χ3n) is 4.70. The maximum Gasteiger partial charge on any atom is 0.308 e. The van der Waals surface area contributed by atoms with Crippen LogP contribution >= 0.6 is 0 Å². The Labute approximate surface area is 149 Å². The van der Waals surface area contributed by atoms with Gasteiger partial charge < -0.3 is 10.0 Å². The summed E-state index contributed by atoms with van der Waals surface area (Å²) in [6.45, 7) is 2.23. The van der Waals surface area contributed by atoms with Crippen molar-refractivity contribution in [3.8, 4) is 5.69 Å². The lowest BCUT2D eigenvalue weighted by atomic mass is 9.90. The molecular formula is C17H18N4O5. The SMILES string of the molecule is C[C@@H]1[C@H](C(=O)O)CCCN1C(=O)c1ccn(-c2ccc([N+](=O)[O-])cc2)n1. The Bertz CT molecular complexity index is 845. The predicted molar refractivity (Wildman–Crippen MR) is 91.1 cm³/mol. The molecule has 1 saturated heterocycles. The first-order valence-corrected chi connectivity index (χ1v) is 8.23. The number of rotatable bonds is 4. The summed E-state index contributed by atoms with van der Waals surface area (Å²) < 4.78 is 1.46. The molecule has 2 heterocycles. The van der Waals surface area contributed by atoms with Crippen LogP contribution in [0.25, 0.3) is 5.69 Å². The summed E-state index contributed by atoms with van der Waals surface area (Å²) in [5, 5.41) is 24.2. The number of carboxylic acid groups (broad SMARTS) is 1. The lowest BCUT2D eigenvalue weighted by molar-refractivity contribution is -0.384. The van der Waals surface area contributed by atoms with Gasteiger partial charge in [-0.05, 0) is 38.0 Å². The topological polar surface area (TPSA) is 119 Å². The molecule has 1 aromatic carbocycles. The second-order valence-corrected chi connectivity index (χ2v) is 6.25. The zero-order valence-corrected chi connectivity index (χ0v) is 14.1. The number of piperidine rings is 1. The third kappa shape index (κ3) is 3.28. The van der Waals surface area contributed by atoms with Crippen LogP contribution in [-0.4, -0.2) is 49.2 Å². The van der Waals surface area contributed by atoms with Crippen LogP contribution in [0.3, 0.4) is 0 Å². The molecule has 1 aliphatic rings. The van der Waals surface area contributed by atoms with Crippen molar-refractivity contribution < 1.29 is 19.6 Å². The summed E-state index contributed by atoms with van der Waals surface area (Å²) in [5.41, 5.74) is 0.769. The van der Waals surface area contributed by atoms with Crippen LogP contribution in [0, 0.1) is 16.0 Å². The first-order chi connectivity index (χ1) is 12.4. The summed E-state index contributed by atoms with van der Waals surface area (Å²) in [7, 11) is 0. The van der Waals surface area contributed by atoms with Gasteiger partial charge in [-0.15, -0.1) is 0 Å². The number of nitro benzene ring substituents is 1. The van der Waals surface area contributed by atoms with Gasteiger partial charge in [0.05, 0.1) is 16.5 Å². The van der Waals surface area contributed by atoms with Crippen LogP contribution in [-0.2, 0) is 4.79 Å². The fourth-order valence-electron chi connectivity index (χ4n) is 3.22. The smallest absolute Gasteiger partial charge is 0.308 e. The summed E-state index contributed by atoms with van der Waals surface area (Å²) in [4.78, 5) is 35.8. The number of amides is 1. The quantitative estimate of drug-likeness (QED) is 0.660. The normalized spacial score (nSPS) is 20.0. The monoisotopic (exact) mass is 358 g/mol. The summed E-state index contributed by atoms with van der Waals surface area (Å²) in [6.07, 6.45) is 2.78. The van der Waals surface area contributed by atoms with Gasteiger partial charge in [-0.25, -0.2) is 4.68 Å². The molecule has 0 bridgehead atoms. The number of hydrogen-bond donors (Lipinski definition) is 1. The van der Waals surface area contributed by atoms with E-state index in [-0.39, 0.29) is 17.3 Å². The van der Waals surface area contributed by atoms with Crippen LogP contribution in [0.1, 0.15) is 30.3 Å². The van der Waals surface area contributed by atoms with Crippen LogP contribution < -0.4 is 0 Å². The molecule has 9 heteroatoms. The van der Waals surface area contributed by atoms with Gasteiger partial charge >= 0.3 is 5.97 Å². The summed E-state index contributed by atoms with van der Waals surface area (Å²) in [5.74, 6) is -1.79. The van der Waals surface area contributed by atoms with Crippen molar-refractivity contribution in [3.63, 3.8) is 0 Å². The number of carbonyl (C=O) groups excluding carboxylic acids is 1. The average molecular weight is 358 g/mol. The number of likely N-dealkylation sites (tertiary alicyclic amines) is 1. The predicted octanol–water partition coefficient (Wildman–Crippen LogP) is 2.11. The van der Waals surface area contributed by atoms with Crippen molar-refractivity contribution in [2.75, 3.05) is 6.54 Å². The Morgan fingerprint density at radius 2 is 1.96 bits per heavy atom. The molecule has 0 unspecified atom stereocenters. The van der Waals surface area contributed by atoms with Crippen LogP contribution in [0.15, 0.2) is 36.5 Å². The third-order valence-corrected chi connectivity index (χ3v) is 4.70. The number of carbonyl (C=O) groups is 2. The highest BCUT2D eigenvalue weighted by Crippen LogP contribution is 2.25. The number of benzene rings is 1. The Kier molecular flexibility index (Phi) is 4.70. The Balaban J connectivity index is 1.79. The number of hydrogen-bond acceptors (Lipinski definition) is 5. The highest BCUT2D eigenvalue weighted by Gasteiger charge is 2.36. The van der Waals surface area contributed by atoms with E-state index < -0.39 is 22.9 Å². The fraction of sp³-hybridized carbons (Fsp3) is 0.353. The first kappa shape index (κ1) is 17.6. The van der Waals surface area contributed by atoms with Gasteiger partial charge in [0.15, 0.2) is 5.69 Å². The van der Waals surface area contributed by atoms with E-state index in [2.05, 4.69) is 5.10 Å². The van der Waals surface area contributed by atoms with Crippen molar-refractivity contribution in [2.24, 2.45) is 5.92 Å². The molecule has 0 radical (unpaired) electrons. The number of non-ortho nitro benzene ring substituents is 1. The number of aromatic nitrogens is 2. The number of aliphatic carboxylic acids is 1. The number of nitrogens with zero attached hydrogens (tertiary/aromatic N) is 4. The Morgan fingerprint density at radius 3 is 2.58 bits per heavy atom. The summed E-state index contributed by atoms with van der Waals surface area (Å²) in [6, 6.07) is 6.97. The molecular weight excluding hydrogens is 340 g/mol. The Hall–Kier alpha value is -3.23. The standard InChI is InChI=1S/C17H18N4O5/c1-11-14(17(23)24)3-2-9-19(11)16(22)15-8-10-20(18-15)12-4-6-13(7-5-12)21(25)26/h4-8,10-11,14H,2-3,9H2,1H3,(H,23,24)/t11-,14-/m1/s1. The molecule has 1 amide bonds. The molecule has 26 heavy (non-hydrogen) atoms. The molecule has 2 atom stereocenters. The van der Waals surface area contributed by atoms with Crippen molar-refractivity contribution in [1.82, 2.24) is 14.7 Å². The van der Waals surface area contributed by atoms with E-state index in [0.29, 0.717) is 25.1 Å². The van der Waals surface area contributed by atoms with Crippen molar-refractivity contribution in [2.45, 2.75) is 25.8 Å². The van der Waals surface area contributed by atoms with Crippen molar-refractivity contribution in [3.05, 3.63) is 52.3 Å². The van der Waals surface area contributed by atoms with E-state index in [0.717, 1.165) is 0 Å². The number of nitro groups is 1. The number of carboxylic acids is 1. The molecule has 0 aliphatic carbocycles. The van der Waals surface area contributed by atoms with Gasteiger partial charge in [0.25, 0.3) is 11.6 Å². The van der Waals surface area contributed by atoms with Gasteiger partial charge in [0.1, 0.15) is 0 Å². The molecule has 9 nitrogen and oxygen atoms in total. The van der Waals surface area contributed by atoms with Gasteiger partial charge in [-0.2, -0.15) is 5.10 Å². The average Bonchev–Trinajstić information content (AvgIpc) is 3.11. The maximum absolute atomic E-state index is 12.7. The van der Waals surface area contributed by atoms with Crippen LogP contribution in [0.4, 0.5) is 5.69 Å². The molecule has 2 aromatic rings. The molecule has 1 aliphatic heterocycles. The van der Waals surface area contributed by atoms with E-state index in [4.69, 9.17) is 0 Å². The highest BCUT2D eigenvalue weighted by atomic mass is 16.6. The molecule has 1 fully saturated rings. The van der Waals surface area contributed by atoms with E-state index in [1.807, 2.05) is 0 Å². The second-order valence-electron chi connectivity index (χ2n) is 6.25. The van der Waals surface area contributed by atoms with Gasteiger partial charge in [0.2, 0.25) is 0 Å². The van der Waals surface area contributed by atoms with Gasteiger partial charge in [0, 0.05) is 30.9 Å². The molecule has 1 aromatic heterocycles. The van der Waals surface area contributed by atoms with E-state index in [1.54, 1.807) is 36.2 Å². The molecule has 0 saturated carbocycles. The molecule has 3 rings (SSSR count). The zero-order valence-electron chi connectivity index (χ0n) is 14.1. The van der Waals surface area contributed by atoms with Crippen LogP contribution in [0.2, 0.25) is 0 Å².